The van der Waals surface area contributed by atoms with Crippen LogP contribution in [0.15, 0.2) is 57.9 Å². The minimum Gasteiger partial charge on any atom is -0.462 e. The quantitative estimate of drug-likeness (QED) is 0.148. The molecule has 1 heterocycles. The van der Waals surface area contributed by atoms with Crippen molar-refractivity contribution in [2.45, 2.75) is 48.5 Å². The molecule has 0 spiro atoms. The van der Waals surface area contributed by atoms with E-state index in [1.807, 2.05) is 44.2 Å². The molecule has 7 heteroatoms. The molecule has 0 fully saturated rings. The number of carbonyl (C=O) groups excluding carboxylic acids is 2. The molecule has 0 unspecified atom stereocenters. The van der Waals surface area contributed by atoms with Crippen molar-refractivity contribution in [1.82, 2.24) is 0 Å². The molecule has 2 aliphatic rings. The molecule has 7 nitrogen and oxygen atoms in total. The minimum absolute atomic E-state index is 0.00457. The number of carbonyl (C=O) groups is 2. The van der Waals surface area contributed by atoms with Crippen LogP contribution in [0.25, 0.3) is 33.4 Å². The number of fused-ring (bicyclic) bond motifs is 2. The Hall–Kier alpha value is -4.13. The number of anilines is 1. The van der Waals surface area contributed by atoms with Gasteiger partial charge in [0, 0.05) is 47.4 Å². The Morgan fingerprint density at radius 2 is 1.65 bits per heavy atom. The van der Waals surface area contributed by atoms with Gasteiger partial charge in [0.2, 0.25) is 0 Å². The van der Waals surface area contributed by atoms with Crippen molar-refractivity contribution in [1.29, 1.82) is 0 Å². The van der Waals surface area contributed by atoms with Crippen molar-refractivity contribution in [2.24, 2.45) is 10.4 Å². The fourth-order valence-electron chi connectivity index (χ4n) is 4.64. The number of nitrogens with zero attached hydrogens (tertiary/aromatic N) is 1. The molecule has 1 aliphatic heterocycles. The molecule has 2 aromatic rings. The van der Waals surface area contributed by atoms with Crippen molar-refractivity contribution in [3.8, 4) is 22.5 Å². The van der Waals surface area contributed by atoms with Gasteiger partial charge in [-0.05, 0) is 83.4 Å². The molecule has 210 valence electrons. The first-order valence-corrected chi connectivity index (χ1v) is 13.7. The van der Waals surface area contributed by atoms with Gasteiger partial charge in [-0.2, -0.15) is 0 Å². The van der Waals surface area contributed by atoms with Crippen molar-refractivity contribution in [2.75, 3.05) is 31.6 Å². The summed E-state index contributed by atoms with van der Waals surface area (Å²) >= 11 is 0. The molecule has 0 bridgehead atoms. The Morgan fingerprint density at radius 1 is 0.925 bits per heavy atom. The van der Waals surface area contributed by atoms with Crippen LogP contribution in [0.2, 0.25) is 0 Å². The highest BCUT2D eigenvalue weighted by Gasteiger charge is 2.25. The molecule has 0 saturated carbocycles. The average Bonchev–Trinajstić information content (AvgIpc) is 2.91. The maximum Gasteiger partial charge on any atom is 0.338 e. The number of ether oxygens (including phenoxy) is 2. The molecular weight excluding hydrogens is 504 g/mol. The number of hydrogen-bond donors (Lipinski definition) is 1. The van der Waals surface area contributed by atoms with E-state index in [2.05, 4.69) is 36.3 Å². The highest BCUT2D eigenvalue weighted by atomic mass is 16.6. The van der Waals surface area contributed by atoms with E-state index in [0.717, 1.165) is 50.8 Å². The third kappa shape index (κ3) is 6.03. The second-order valence-electron chi connectivity index (χ2n) is 10.8. The normalized spacial score (nSPS) is 12.1. The van der Waals surface area contributed by atoms with E-state index in [4.69, 9.17) is 13.9 Å². The van der Waals surface area contributed by atoms with Crippen LogP contribution in [-0.2, 0) is 14.3 Å². The summed E-state index contributed by atoms with van der Waals surface area (Å²) in [5, 5.41) is 5.17. The van der Waals surface area contributed by atoms with E-state index in [-0.39, 0.29) is 19.2 Å². The molecule has 0 atom stereocenters. The first-order chi connectivity index (χ1) is 19.0. The van der Waals surface area contributed by atoms with Gasteiger partial charge in [0.15, 0.2) is 0 Å². The van der Waals surface area contributed by atoms with E-state index >= 15 is 0 Å². The third-order valence-corrected chi connectivity index (χ3v) is 6.66. The maximum atomic E-state index is 13.4. The van der Waals surface area contributed by atoms with E-state index in [1.54, 1.807) is 26.8 Å². The van der Waals surface area contributed by atoms with Gasteiger partial charge in [-0.1, -0.05) is 18.2 Å². The fourth-order valence-corrected chi connectivity index (χ4v) is 4.64. The predicted octanol–water partition coefficient (Wildman–Crippen LogP) is 6.92. The van der Waals surface area contributed by atoms with Crippen LogP contribution in [0, 0.1) is 19.3 Å². The molecule has 0 amide bonds. The Bertz CT molecular complexity index is 1590. The fraction of sp³-hybridized carbons (Fsp3) is 0.364. The van der Waals surface area contributed by atoms with Crippen LogP contribution in [0.5, 0.6) is 0 Å². The highest BCUT2D eigenvalue weighted by Crippen LogP contribution is 2.43. The molecule has 40 heavy (non-hydrogen) atoms. The van der Waals surface area contributed by atoms with Gasteiger partial charge >= 0.3 is 11.9 Å². The van der Waals surface area contributed by atoms with Crippen LogP contribution in [0.4, 0.5) is 5.69 Å². The molecule has 1 aliphatic carbocycles. The molecule has 1 N–H and O–H groups in total. The number of rotatable bonds is 8. The van der Waals surface area contributed by atoms with Crippen LogP contribution >= 0.6 is 0 Å². The van der Waals surface area contributed by atoms with Crippen LogP contribution in [0.1, 0.15) is 56.1 Å². The summed E-state index contributed by atoms with van der Waals surface area (Å²) in [6.07, 6.45) is 0. The van der Waals surface area contributed by atoms with Crippen molar-refractivity contribution in [3.63, 3.8) is 0 Å². The number of esters is 2. The molecular formula is C33H38N2O5. The molecule has 0 radical (unpaired) electrons. The second kappa shape index (κ2) is 11.9. The standard InChI is InChI=1S/C33H38N2O5/c1-8-34-26-18-28-24(16-20(26)3)30(25-17-21(4)27(35-9-2)19-29(25)40-28)22-12-10-11-13-23(22)31(36)38-14-15-39-32(37)33(5,6)7/h10-13,16-19,34H,8-9,14-15H2,1-7H3. The highest BCUT2D eigenvalue weighted by molar-refractivity contribution is 6.08. The van der Waals surface area contributed by atoms with Gasteiger partial charge < -0.3 is 19.2 Å². The summed E-state index contributed by atoms with van der Waals surface area (Å²) in [5.41, 5.74) is 6.10. The topological polar surface area (TPSA) is 90.1 Å². The van der Waals surface area contributed by atoms with Crippen molar-refractivity contribution in [3.05, 3.63) is 70.6 Å². The van der Waals surface area contributed by atoms with E-state index in [9.17, 15) is 9.59 Å². The van der Waals surface area contributed by atoms with Gasteiger partial charge in [0.1, 0.15) is 24.6 Å². The monoisotopic (exact) mass is 542 g/mol. The predicted molar refractivity (Wildman–Crippen MR) is 159 cm³/mol. The molecule has 4 rings (SSSR count). The SMILES string of the molecule is CCN=c1cc2oc3cc(NCC)c(C)cc3c(-c3ccccc3C(=O)OCCOC(=O)C(C)(C)C)c-2cc1C. The molecule has 2 aromatic carbocycles. The lowest BCUT2D eigenvalue weighted by atomic mass is 9.89. The number of benzene rings is 3. The van der Waals surface area contributed by atoms with Crippen LogP contribution in [-0.4, -0.2) is 38.2 Å². The summed E-state index contributed by atoms with van der Waals surface area (Å²) in [6.45, 7) is 14.9. The number of aryl methyl sites for hydroxylation is 2. The number of hydrogen-bond acceptors (Lipinski definition) is 7. The van der Waals surface area contributed by atoms with Gasteiger partial charge in [-0.3, -0.25) is 9.79 Å². The zero-order valence-corrected chi connectivity index (χ0v) is 24.4. The summed E-state index contributed by atoms with van der Waals surface area (Å²) in [6, 6.07) is 15.6. The summed E-state index contributed by atoms with van der Waals surface area (Å²) in [5.74, 6) is -0.143. The second-order valence-corrected chi connectivity index (χ2v) is 10.8. The van der Waals surface area contributed by atoms with E-state index < -0.39 is 11.4 Å². The van der Waals surface area contributed by atoms with Gasteiger partial charge in [0.25, 0.3) is 0 Å². The van der Waals surface area contributed by atoms with Crippen molar-refractivity contribution < 1.29 is 23.5 Å². The van der Waals surface area contributed by atoms with Crippen molar-refractivity contribution >= 4 is 28.6 Å². The Kier molecular flexibility index (Phi) is 8.62. The smallest absolute Gasteiger partial charge is 0.338 e. The van der Waals surface area contributed by atoms with Gasteiger partial charge in [0.05, 0.1) is 16.3 Å². The Labute approximate surface area is 235 Å². The molecule has 0 aromatic heterocycles. The first-order valence-electron chi connectivity index (χ1n) is 13.7. The van der Waals surface area contributed by atoms with Gasteiger partial charge in [-0.15, -0.1) is 0 Å². The average molecular weight is 543 g/mol. The Morgan fingerprint density at radius 3 is 2.35 bits per heavy atom. The third-order valence-electron chi connectivity index (χ3n) is 6.66. The van der Waals surface area contributed by atoms with E-state index in [0.29, 0.717) is 23.5 Å². The van der Waals surface area contributed by atoms with Crippen LogP contribution < -0.4 is 10.7 Å². The molecule has 0 saturated heterocycles. The van der Waals surface area contributed by atoms with E-state index in [1.165, 1.54) is 0 Å². The first kappa shape index (κ1) is 28.9. The van der Waals surface area contributed by atoms with Crippen LogP contribution in [0.3, 0.4) is 0 Å². The lowest BCUT2D eigenvalue weighted by molar-refractivity contribution is -0.154. The maximum absolute atomic E-state index is 13.4. The zero-order valence-electron chi connectivity index (χ0n) is 24.4. The summed E-state index contributed by atoms with van der Waals surface area (Å²) in [7, 11) is 0. The summed E-state index contributed by atoms with van der Waals surface area (Å²) in [4.78, 5) is 30.1. The van der Waals surface area contributed by atoms with Gasteiger partial charge in [-0.25, -0.2) is 4.79 Å². The lowest BCUT2D eigenvalue weighted by Gasteiger charge is -2.20. The minimum atomic E-state index is -0.621. The lowest BCUT2D eigenvalue weighted by Crippen LogP contribution is -2.25. The summed E-state index contributed by atoms with van der Waals surface area (Å²) < 4.78 is 17.3. The number of nitrogens with one attached hydrogen (secondary N) is 1. The largest absolute Gasteiger partial charge is 0.462 e. The zero-order chi connectivity index (χ0) is 29.0. The Balaban J connectivity index is 1.85.